The van der Waals surface area contributed by atoms with Gasteiger partial charge < -0.3 is 41.5 Å². The van der Waals surface area contributed by atoms with Gasteiger partial charge in [-0.15, -0.1) is 0 Å². The number of alkyl halides is 1. The van der Waals surface area contributed by atoms with Crippen molar-refractivity contribution >= 4 is 24.0 Å². The van der Waals surface area contributed by atoms with E-state index >= 15 is 0 Å². The number of aliphatic carboxylic acids is 1. The van der Waals surface area contributed by atoms with Crippen LogP contribution in [0.1, 0.15) is 194 Å². The van der Waals surface area contributed by atoms with Crippen molar-refractivity contribution in [3.63, 3.8) is 0 Å². The molecule has 6 fully saturated rings. The van der Waals surface area contributed by atoms with E-state index in [0.717, 1.165) is 61.0 Å². The zero-order valence-corrected chi connectivity index (χ0v) is 51.6. The Morgan fingerprint density at radius 1 is 0.608 bits per heavy atom. The fourth-order valence-electron chi connectivity index (χ4n) is 19.0. The van der Waals surface area contributed by atoms with Gasteiger partial charge in [0.2, 0.25) is 5.91 Å². The predicted octanol–water partition coefficient (Wildman–Crippen LogP) is 13.3. The van der Waals surface area contributed by atoms with Crippen molar-refractivity contribution in [1.82, 2.24) is 15.1 Å². The fourth-order valence-corrected chi connectivity index (χ4v) is 19.0. The highest BCUT2D eigenvalue weighted by atomic mass is 19.1. The number of amides is 1. The van der Waals surface area contributed by atoms with Crippen molar-refractivity contribution in [3.05, 3.63) is 57.7 Å². The molecule has 6 saturated carbocycles. The minimum absolute atomic E-state index is 0.00518. The normalized spacial score (nSPS) is 40.2. The molecule has 0 radical (unpaired) electrons. The summed E-state index contributed by atoms with van der Waals surface area (Å²) in [6, 6.07) is 3.71. The van der Waals surface area contributed by atoms with Gasteiger partial charge in [-0.25, -0.2) is 0 Å². The van der Waals surface area contributed by atoms with Gasteiger partial charge in [-0.1, -0.05) is 93.5 Å². The number of allylic oxidation sites excluding steroid dienone is 2. The van der Waals surface area contributed by atoms with E-state index in [1.54, 1.807) is 19.0 Å². The first-order valence-electron chi connectivity index (χ1n) is 30.5. The maximum Gasteiger partial charge on any atom is 0.317 e. The molecule has 442 valence electrons. The van der Waals surface area contributed by atoms with Gasteiger partial charge in [0.15, 0.2) is 23.0 Å². The van der Waals surface area contributed by atoms with Crippen LogP contribution in [0, 0.1) is 80.8 Å². The maximum absolute atomic E-state index is 12.5. The van der Waals surface area contributed by atoms with Crippen LogP contribution >= 0.6 is 0 Å². The molecule has 12 heteroatoms. The van der Waals surface area contributed by atoms with E-state index in [0.29, 0.717) is 41.0 Å². The molecule has 8 aliphatic carbocycles. The number of aromatic hydroxyl groups is 4. The Hall–Kier alpha value is -4.13. The quantitative estimate of drug-likeness (QED) is 0.132. The number of carboxylic acids is 1. The number of phenols is 4. The molecule has 0 spiro atoms. The number of hydrogen-bond acceptors (Lipinski definition) is 9. The Balaban J connectivity index is 0.000000200. The van der Waals surface area contributed by atoms with Gasteiger partial charge in [-0.05, 0) is 240 Å². The Bertz CT molecular complexity index is 2730. The molecule has 79 heavy (non-hydrogen) atoms. The highest BCUT2D eigenvalue weighted by Crippen LogP contribution is 2.77. The van der Waals surface area contributed by atoms with Crippen LogP contribution in [0.15, 0.2) is 24.3 Å². The SMILES string of the molecule is CN(C)CC(=O)O.Cc1c(O)c(O)cc2c1C=CC1[C@@]2(C)CC[C@@]2(C)[C@@H]3C[C@](C)(CN)CC[C@]3(C)CC[C@]12C.Cc1c(O)c(O)cc2c1C=CC1[C@@]2(C)CC[C@@]2(C)[C@@H]3C[C@](C)(CNC(=O)CN(C)C)CC[C@]3(C)CC[C@]12C.[2H]CF. The topological polar surface area (TPSA) is 180 Å². The summed E-state index contributed by atoms with van der Waals surface area (Å²) in [4.78, 5) is 25.8. The first-order chi connectivity index (χ1) is 37.0. The molecule has 14 atom stereocenters. The zero-order chi connectivity index (χ0) is 59.8. The van der Waals surface area contributed by atoms with Crippen LogP contribution in [-0.2, 0) is 20.4 Å². The number of benzene rings is 2. The summed E-state index contributed by atoms with van der Waals surface area (Å²) in [5.41, 5.74) is 14.4. The summed E-state index contributed by atoms with van der Waals surface area (Å²) in [7, 11) is 6.32. The highest BCUT2D eigenvalue weighted by Gasteiger charge is 2.69. The van der Waals surface area contributed by atoms with Crippen LogP contribution in [-0.4, -0.2) is 109 Å². The van der Waals surface area contributed by atoms with Crippen LogP contribution in [0.25, 0.3) is 12.2 Å². The van der Waals surface area contributed by atoms with E-state index < -0.39 is 13.1 Å². The second-order valence-electron chi connectivity index (χ2n) is 30.1. The Morgan fingerprint density at radius 3 is 1.34 bits per heavy atom. The Morgan fingerprint density at radius 2 is 0.975 bits per heavy atom. The van der Waals surface area contributed by atoms with Crippen molar-refractivity contribution in [2.45, 2.75) is 184 Å². The minimum Gasteiger partial charge on any atom is -0.504 e. The van der Waals surface area contributed by atoms with E-state index in [9.17, 15) is 34.4 Å². The number of phenolic OH excluding ortho intramolecular Hbond substituents is 4. The number of halogens is 1. The Labute approximate surface area is 476 Å². The maximum atomic E-state index is 12.5. The second-order valence-corrected chi connectivity index (χ2v) is 30.1. The zero-order valence-electron chi connectivity index (χ0n) is 52.6. The van der Waals surface area contributed by atoms with Crippen LogP contribution in [0.2, 0.25) is 0 Å². The Kier molecular flexibility index (Phi) is 16.6. The summed E-state index contributed by atoms with van der Waals surface area (Å²) >= 11 is 0. The van der Waals surface area contributed by atoms with E-state index in [1.165, 1.54) is 75.3 Å². The van der Waals surface area contributed by atoms with Gasteiger partial charge >= 0.3 is 5.97 Å². The largest absolute Gasteiger partial charge is 0.504 e. The average molecular weight is 1100 g/mol. The number of likely N-dealkylation sites (N-methyl/N-ethyl adjacent to an activating group) is 2. The summed E-state index contributed by atoms with van der Waals surface area (Å²) < 4.78 is 15.5. The lowest BCUT2D eigenvalue weighted by molar-refractivity contribution is -0.199. The molecule has 2 aromatic rings. The molecular formula is C67H105FN4O7. The molecule has 0 saturated heterocycles. The number of rotatable bonds is 7. The fraction of sp³-hybridized carbons (Fsp3) is 0.731. The third-order valence-corrected chi connectivity index (χ3v) is 24.7. The van der Waals surface area contributed by atoms with Gasteiger partial charge in [0, 0.05) is 28.5 Å². The highest BCUT2D eigenvalue weighted by molar-refractivity contribution is 5.78. The number of carbonyl (C=O) groups excluding carboxylic acids is 1. The number of carbonyl (C=O) groups is 2. The van der Waals surface area contributed by atoms with Crippen LogP contribution in [0.5, 0.6) is 23.0 Å². The summed E-state index contributed by atoms with van der Waals surface area (Å²) in [5.74, 6) is 1.51. The number of nitrogens with zero attached hydrogens (tertiary/aromatic N) is 2. The molecule has 0 heterocycles. The number of carboxylic acid groups (broad SMARTS) is 1. The van der Waals surface area contributed by atoms with E-state index in [4.69, 9.17) is 12.2 Å². The van der Waals surface area contributed by atoms with Crippen molar-refractivity contribution in [3.8, 4) is 23.0 Å². The second kappa shape index (κ2) is 21.6. The molecule has 1 amide bonds. The molecule has 0 aliphatic heterocycles. The molecular weight excluding hydrogens is 992 g/mol. The summed E-state index contributed by atoms with van der Waals surface area (Å²) in [6.07, 6.45) is 26.4. The molecule has 2 aromatic carbocycles. The lowest BCUT2D eigenvalue weighted by Gasteiger charge is -2.71. The molecule has 0 aromatic heterocycles. The van der Waals surface area contributed by atoms with Crippen LogP contribution < -0.4 is 11.1 Å². The first kappa shape index (κ1) is 61.0. The van der Waals surface area contributed by atoms with Crippen molar-refractivity contribution in [2.75, 3.05) is 61.5 Å². The lowest BCUT2D eigenvalue weighted by Crippen LogP contribution is -2.65. The summed E-state index contributed by atoms with van der Waals surface area (Å²) in [6.45, 7) is 31.1. The van der Waals surface area contributed by atoms with Gasteiger partial charge in [-0.3, -0.25) is 18.9 Å². The third-order valence-electron chi connectivity index (χ3n) is 24.7. The van der Waals surface area contributed by atoms with E-state index in [1.807, 2.05) is 45.0 Å². The smallest absolute Gasteiger partial charge is 0.317 e. The molecule has 2 unspecified atom stereocenters. The number of nitrogens with one attached hydrogen (secondary N) is 1. The number of fused-ring (bicyclic) bond motifs is 14. The molecule has 8 aliphatic rings. The third kappa shape index (κ3) is 10.3. The molecule has 0 bridgehead atoms. The van der Waals surface area contributed by atoms with Crippen LogP contribution in [0.3, 0.4) is 0 Å². The minimum atomic E-state index is -1.00. The molecule has 8 N–H and O–H groups in total. The molecule has 11 nitrogen and oxygen atoms in total. The van der Waals surface area contributed by atoms with E-state index in [2.05, 4.69) is 98.9 Å². The average Bonchev–Trinajstić information content (AvgIpc) is 1.75. The predicted molar refractivity (Wildman–Crippen MR) is 319 cm³/mol. The van der Waals surface area contributed by atoms with Gasteiger partial charge in [-0.2, -0.15) is 0 Å². The van der Waals surface area contributed by atoms with E-state index in [-0.39, 0.29) is 78.8 Å². The van der Waals surface area contributed by atoms with Crippen molar-refractivity contribution in [1.29, 1.82) is 0 Å². The number of hydrogen-bond donors (Lipinski definition) is 7. The van der Waals surface area contributed by atoms with Gasteiger partial charge in [0.25, 0.3) is 0 Å². The lowest BCUT2D eigenvalue weighted by atomic mass is 9.33. The van der Waals surface area contributed by atoms with Crippen molar-refractivity contribution in [2.24, 2.45) is 72.7 Å². The first-order valence-corrected chi connectivity index (χ1v) is 29.8. The standard InChI is InChI=1S/C33H50N2O3.C29H43NO2.C4H9NO2.CH3F/c1-21-22-9-10-25-31(4,23(22)17-24(36)28(21)38)14-16-33(6)26-18-29(2,20-34-27(37)19-35(7)8)11-12-30(26,3)13-15-32(25,33)5;1-18-19-7-8-22-27(4,20(19)15-21(31)24(18)32)12-14-29(6)23-16-25(2,17-30)9-10-26(23,3)11-13-28(22,29)5;1-5(2)3-4(6)7;1-2/h9-10,17,25-26,36,38H,11-16,18-20H2,1-8H3,(H,34,37);7-8,15,22-23,31-32H,9-14,16-17,30H2,1-6H3;3H2,1-2H3,(H,6,7);1H3/t25?,26-,29-,30-,31+,32-,33+;22?,23-,25-,26-,27+,28-,29+;;/m11../s1/i;;;1D. The van der Waals surface area contributed by atoms with Gasteiger partial charge in [0.05, 0.1) is 21.6 Å². The van der Waals surface area contributed by atoms with Crippen LogP contribution in [0.4, 0.5) is 4.39 Å². The summed E-state index contributed by atoms with van der Waals surface area (Å²) in [5, 5.41) is 53.2. The monoisotopic (exact) mass is 1100 g/mol. The van der Waals surface area contributed by atoms with Crippen molar-refractivity contribution < 1.29 is 40.9 Å². The molecule has 10 rings (SSSR count). The van der Waals surface area contributed by atoms with Gasteiger partial charge in [0.1, 0.15) is 0 Å². The number of nitrogens with two attached hydrogens (primary N) is 1.